The summed E-state index contributed by atoms with van der Waals surface area (Å²) in [6.45, 7) is 6.75. The van der Waals surface area contributed by atoms with Crippen LogP contribution in [0.1, 0.15) is 60.9 Å². The molecule has 1 amide bonds. The molecule has 0 aliphatic heterocycles. The maximum absolute atomic E-state index is 12.6. The number of methoxy groups -OCH3 is 1. The molecule has 7 nitrogen and oxygen atoms in total. The number of nitrogens with zero attached hydrogens (tertiary/aromatic N) is 2. The van der Waals surface area contributed by atoms with Gasteiger partial charge >= 0.3 is 0 Å². The number of phenolic OH excluding ortho intramolecular Hbond substituents is 1. The van der Waals surface area contributed by atoms with E-state index in [0.29, 0.717) is 22.9 Å². The van der Waals surface area contributed by atoms with E-state index in [0.717, 1.165) is 36.9 Å². The monoisotopic (exact) mass is 384 g/mol. The Hall–Kier alpha value is -2.83. The van der Waals surface area contributed by atoms with E-state index in [1.807, 2.05) is 0 Å². The largest absolute Gasteiger partial charge is 0.504 e. The van der Waals surface area contributed by atoms with Crippen molar-refractivity contribution in [2.75, 3.05) is 7.11 Å². The van der Waals surface area contributed by atoms with Crippen LogP contribution in [0.25, 0.3) is 0 Å². The third kappa shape index (κ3) is 4.71. The first-order chi connectivity index (χ1) is 13.3. The zero-order chi connectivity index (χ0) is 20.3. The van der Waals surface area contributed by atoms with Crippen LogP contribution in [-0.2, 0) is 12.8 Å². The first kappa shape index (κ1) is 19.9. The average Bonchev–Trinajstić information content (AvgIpc) is 3.05. The van der Waals surface area contributed by atoms with Gasteiger partial charge in [-0.1, -0.05) is 20.8 Å². The minimum absolute atomic E-state index is 0.0525. The summed E-state index contributed by atoms with van der Waals surface area (Å²) in [5.41, 5.74) is 6.01. The molecule has 1 aliphatic rings. The van der Waals surface area contributed by atoms with Crippen molar-refractivity contribution in [2.24, 2.45) is 16.4 Å². The van der Waals surface area contributed by atoms with Gasteiger partial charge in [-0.2, -0.15) is 10.2 Å². The molecule has 150 valence electrons. The van der Waals surface area contributed by atoms with E-state index in [9.17, 15) is 9.90 Å². The van der Waals surface area contributed by atoms with Gasteiger partial charge in [0.25, 0.3) is 5.91 Å². The van der Waals surface area contributed by atoms with E-state index in [1.54, 1.807) is 12.1 Å². The highest BCUT2D eigenvalue weighted by Crippen LogP contribution is 2.34. The molecule has 1 heterocycles. The molecule has 0 unspecified atom stereocenters. The first-order valence-electron chi connectivity index (χ1n) is 9.53. The SMILES string of the molecule is COc1cc(/C=N\NC(=O)c2n[nH]c3c2C[C@@H](CC(C)(C)C)CC3)ccc1O. The van der Waals surface area contributed by atoms with Gasteiger partial charge < -0.3 is 9.84 Å². The second kappa shape index (κ2) is 8.04. The number of benzene rings is 1. The number of ether oxygens (including phenoxy) is 1. The highest BCUT2D eigenvalue weighted by Gasteiger charge is 2.29. The number of hydrazone groups is 1. The lowest BCUT2D eigenvalue weighted by Gasteiger charge is -2.28. The van der Waals surface area contributed by atoms with E-state index in [2.05, 4.69) is 41.5 Å². The van der Waals surface area contributed by atoms with Gasteiger partial charge in [0.1, 0.15) is 0 Å². The third-order valence-electron chi connectivity index (χ3n) is 4.95. The van der Waals surface area contributed by atoms with E-state index in [4.69, 9.17) is 4.74 Å². The molecular weight excluding hydrogens is 356 g/mol. The summed E-state index contributed by atoms with van der Waals surface area (Å²) < 4.78 is 5.07. The maximum atomic E-state index is 12.6. The van der Waals surface area contributed by atoms with Crippen LogP contribution < -0.4 is 10.2 Å². The van der Waals surface area contributed by atoms with Gasteiger partial charge in [-0.25, -0.2) is 5.43 Å². The molecule has 0 saturated carbocycles. The van der Waals surface area contributed by atoms with Crippen molar-refractivity contribution in [3.8, 4) is 11.5 Å². The fraction of sp³-hybridized carbons (Fsp3) is 0.476. The summed E-state index contributed by atoms with van der Waals surface area (Å²) in [5.74, 6) is 0.638. The number of aromatic amines is 1. The fourth-order valence-corrected chi connectivity index (χ4v) is 3.79. The molecule has 1 aliphatic carbocycles. The summed E-state index contributed by atoms with van der Waals surface area (Å²) in [6.07, 6.45) is 5.53. The Balaban J connectivity index is 1.67. The number of rotatable bonds is 5. The summed E-state index contributed by atoms with van der Waals surface area (Å²) >= 11 is 0. The number of amides is 1. The van der Waals surface area contributed by atoms with Crippen LogP contribution in [0.15, 0.2) is 23.3 Å². The smallest absolute Gasteiger partial charge is 0.292 e. The molecule has 0 spiro atoms. The summed E-state index contributed by atoms with van der Waals surface area (Å²) in [7, 11) is 1.48. The Bertz CT molecular complexity index is 880. The number of aromatic nitrogens is 2. The Morgan fingerprint density at radius 3 is 2.96 bits per heavy atom. The Kier molecular flexibility index (Phi) is 5.72. The minimum atomic E-state index is -0.323. The van der Waals surface area contributed by atoms with Crippen LogP contribution in [0.2, 0.25) is 0 Å². The number of aryl methyl sites for hydroxylation is 1. The molecule has 1 aromatic heterocycles. The number of phenols is 1. The van der Waals surface area contributed by atoms with Crippen molar-refractivity contribution in [3.63, 3.8) is 0 Å². The number of fused-ring (bicyclic) bond motifs is 1. The molecule has 0 saturated heterocycles. The van der Waals surface area contributed by atoms with E-state index < -0.39 is 0 Å². The minimum Gasteiger partial charge on any atom is -0.504 e. The van der Waals surface area contributed by atoms with Crippen molar-refractivity contribution in [3.05, 3.63) is 40.7 Å². The Morgan fingerprint density at radius 1 is 1.46 bits per heavy atom. The normalized spacial score (nSPS) is 16.8. The molecule has 3 N–H and O–H groups in total. The predicted octanol–water partition coefficient (Wildman–Crippen LogP) is 3.43. The van der Waals surface area contributed by atoms with Gasteiger partial charge in [0.05, 0.1) is 13.3 Å². The van der Waals surface area contributed by atoms with Crippen LogP contribution in [0, 0.1) is 11.3 Å². The van der Waals surface area contributed by atoms with Crippen LogP contribution in [0.5, 0.6) is 11.5 Å². The van der Waals surface area contributed by atoms with Crippen LogP contribution in [0.3, 0.4) is 0 Å². The molecule has 0 fully saturated rings. The molecule has 1 aromatic carbocycles. The molecular formula is C21H28N4O3. The van der Waals surface area contributed by atoms with Gasteiger partial charge in [-0.15, -0.1) is 0 Å². The van der Waals surface area contributed by atoms with Gasteiger partial charge in [0.15, 0.2) is 17.2 Å². The molecule has 3 rings (SSSR count). The molecule has 28 heavy (non-hydrogen) atoms. The number of carbonyl (C=O) groups is 1. The van der Waals surface area contributed by atoms with Crippen molar-refractivity contribution in [1.82, 2.24) is 15.6 Å². The standard InChI is InChI=1S/C21H28N4O3/c1-21(2,3)11-13-5-7-16-15(9-13)19(24-23-16)20(27)25-22-12-14-6-8-17(26)18(10-14)28-4/h6,8,10,12-13,26H,5,7,9,11H2,1-4H3,(H,23,24)(H,25,27)/b22-12-/t13-/m0/s1. The lowest BCUT2D eigenvalue weighted by atomic mass is 9.76. The lowest BCUT2D eigenvalue weighted by Crippen LogP contribution is -2.24. The first-order valence-corrected chi connectivity index (χ1v) is 9.53. The fourth-order valence-electron chi connectivity index (χ4n) is 3.79. The number of hydrogen-bond acceptors (Lipinski definition) is 5. The average molecular weight is 384 g/mol. The van der Waals surface area contributed by atoms with Gasteiger partial charge in [-0.05, 0) is 60.8 Å². The van der Waals surface area contributed by atoms with Gasteiger partial charge in [0, 0.05) is 11.3 Å². The quantitative estimate of drug-likeness (QED) is 0.543. The molecule has 7 heteroatoms. The topological polar surface area (TPSA) is 99.6 Å². The molecule has 1 atom stereocenters. The predicted molar refractivity (Wildman–Crippen MR) is 108 cm³/mol. The zero-order valence-corrected chi connectivity index (χ0v) is 16.9. The molecule has 2 aromatic rings. The highest BCUT2D eigenvalue weighted by atomic mass is 16.5. The van der Waals surface area contributed by atoms with E-state index in [1.165, 1.54) is 19.4 Å². The number of nitrogens with one attached hydrogen (secondary N) is 2. The van der Waals surface area contributed by atoms with Crippen LogP contribution >= 0.6 is 0 Å². The van der Waals surface area contributed by atoms with Crippen LogP contribution in [-0.4, -0.2) is 34.5 Å². The lowest BCUT2D eigenvalue weighted by molar-refractivity contribution is 0.0948. The zero-order valence-electron chi connectivity index (χ0n) is 16.9. The highest BCUT2D eigenvalue weighted by molar-refractivity contribution is 5.94. The molecule has 0 bridgehead atoms. The second-order valence-electron chi connectivity index (χ2n) is 8.53. The number of H-pyrrole nitrogens is 1. The maximum Gasteiger partial charge on any atom is 0.292 e. The Labute approximate surface area is 165 Å². The van der Waals surface area contributed by atoms with E-state index in [-0.39, 0.29) is 17.1 Å². The Morgan fingerprint density at radius 2 is 2.25 bits per heavy atom. The van der Waals surface area contributed by atoms with Crippen molar-refractivity contribution >= 4 is 12.1 Å². The number of carbonyl (C=O) groups excluding carboxylic acids is 1. The van der Waals surface area contributed by atoms with Gasteiger partial charge in [-0.3, -0.25) is 9.89 Å². The number of aromatic hydroxyl groups is 1. The third-order valence-corrected chi connectivity index (χ3v) is 4.95. The van der Waals surface area contributed by atoms with Crippen molar-refractivity contribution < 1.29 is 14.6 Å². The summed E-state index contributed by atoms with van der Waals surface area (Å²) in [5, 5.41) is 20.9. The van der Waals surface area contributed by atoms with Gasteiger partial charge in [0.2, 0.25) is 0 Å². The van der Waals surface area contributed by atoms with Crippen molar-refractivity contribution in [2.45, 2.75) is 46.5 Å². The number of hydrogen-bond donors (Lipinski definition) is 3. The van der Waals surface area contributed by atoms with Crippen molar-refractivity contribution in [1.29, 1.82) is 0 Å². The van der Waals surface area contributed by atoms with E-state index >= 15 is 0 Å². The summed E-state index contributed by atoms with van der Waals surface area (Å²) in [4.78, 5) is 12.6. The van der Waals surface area contributed by atoms with Crippen LogP contribution in [0.4, 0.5) is 0 Å². The molecule has 0 radical (unpaired) electrons. The second-order valence-corrected chi connectivity index (χ2v) is 8.53. The summed E-state index contributed by atoms with van der Waals surface area (Å²) in [6, 6.07) is 4.83.